The number of carbonyl (C=O) groups is 13. The number of nitrogens with one attached hydrogen (secondary N) is 6. The van der Waals surface area contributed by atoms with Crippen LogP contribution in [0.1, 0.15) is 109 Å². The van der Waals surface area contributed by atoms with E-state index in [0.29, 0.717) is 59.6 Å². The minimum Gasteiger partial charge on any atom is -0.496 e. The Kier molecular flexibility index (Phi) is 23.8. The van der Waals surface area contributed by atoms with Crippen molar-refractivity contribution in [2.24, 2.45) is 29.4 Å². The van der Waals surface area contributed by atoms with Gasteiger partial charge in [-0.05, 0) is 49.3 Å². The molecule has 0 aliphatic carbocycles. The minimum absolute atomic E-state index is 0.0139. The Labute approximate surface area is 513 Å². The lowest BCUT2D eigenvalue weighted by Crippen LogP contribution is -2.60. The zero-order valence-corrected chi connectivity index (χ0v) is 51.1. The van der Waals surface area contributed by atoms with Gasteiger partial charge in [0.2, 0.25) is 47.3 Å². The van der Waals surface area contributed by atoms with Crippen LogP contribution in [0.4, 0.5) is 0 Å². The number of hydroxylamine groups is 2. The van der Waals surface area contributed by atoms with Crippen molar-refractivity contribution in [2.75, 3.05) is 52.2 Å². The quantitative estimate of drug-likeness (QED) is 0.0781. The van der Waals surface area contributed by atoms with Crippen LogP contribution >= 0.6 is 11.8 Å². The highest BCUT2D eigenvalue weighted by Gasteiger charge is 2.45. The van der Waals surface area contributed by atoms with Crippen LogP contribution in [-0.2, 0) is 90.1 Å². The van der Waals surface area contributed by atoms with E-state index in [1.54, 1.807) is 30.9 Å². The van der Waals surface area contributed by atoms with Gasteiger partial charge in [0.15, 0.2) is 11.6 Å². The summed E-state index contributed by atoms with van der Waals surface area (Å²) < 4.78 is 21.3. The number of H-pyrrole nitrogens is 1. The molecule has 5 aliphatic heterocycles. The lowest BCUT2D eigenvalue weighted by molar-refractivity contribution is -0.197. The molecule has 88 heavy (non-hydrogen) atoms. The van der Waals surface area contributed by atoms with Crippen molar-refractivity contribution in [3.63, 3.8) is 0 Å². The Bertz CT molecular complexity index is 3060. The van der Waals surface area contributed by atoms with Crippen LogP contribution < -0.4 is 37.1 Å². The van der Waals surface area contributed by atoms with E-state index in [4.69, 9.17) is 15.3 Å². The van der Waals surface area contributed by atoms with Crippen LogP contribution in [0.15, 0.2) is 17.2 Å². The highest BCUT2D eigenvalue weighted by atomic mass is 32.2. The fourth-order valence-corrected chi connectivity index (χ4v) is 14.1. The number of ether oxygens (including phenoxy) is 1. The summed E-state index contributed by atoms with van der Waals surface area (Å²) in [5.41, 5.74) is 6.65. The third kappa shape index (κ3) is 16.9. The summed E-state index contributed by atoms with van der Waals surface area (Å²) in [5.74, 6) is -15.1. The second-order valence-corrected chi connectivity index (χ2v) is 25.7. The van der Waals surface area contributed by atoms with Gasteiger partial charge in [-0.1, -0.05) is 27.2 Å². The Morgan fingerprint density at radius 2 is 1.57 bits per heavy atom. The molecule has 0 radical (unpaired) electrons. The zero-order valence-electron chi connectivity index (χ0n) is 49.5. The molecular formula is C57H78N10O19S2. The number of imide groups is 1. The third-order valence-corrected chi connectivity index (χ3v) is 19.7. The molecule has 2 bridgehead atoms. The van der Waals surface area contributed by atoms with Crippen LogP contribution in [0.25, 0.3) is 10.9 Å². The van der Waals surface area contributed by atoms with Gasteiger partial charge < -0.3 is 72.0 Å². The number of amides is 10. The normalized spacial score (nSPS) is 26.3. The molecule has 7 rings (SSSR count). The average Bonchev–Trinajstić information content (AvgIpc) is 3.09. The van der Waals surface area contributed by atoms with Crippen LogP contribution in [0, 0.1) is 23.7 Å². The maximum atomic E-state index is 15.4. The van der Waals surface area contributed by atoms with Crippen LogP contribution in [0.3, 0.4) is 0 Å². The van der Waals surface area contributed by atoms with E-state index < -0.39 is 206 Å². The smallest absolute Gasteiger partial charge is 0.333 e. The fourth-order valence-electron chi connectivity index (χ4n) is 11.5. The molecule has 5 aliphatic rings. The van der Waals surface area contributed by atoms with Gasteiger partial charge >= 0.3 is 5.97 Å². The number of carbonyl (C=O) groups excluding carboxylic acids is 13. The summed E-state index contributed by atoms with van der Waals surface area (Å²) in [5, 5.41) is 45.3. The summed E-state index contributed by atoms with van der Waals surface area (Å²) in [6.07, 6.45) is -4.55. The predicted molar refractivity (Wildman–Crippen MR) is 311 cm³/mol. The molecule has 31 heteroatoms. The van der Waals surface area contributed by atoms with E-state index in [2.05, 4.69) is 31.6 Å². The number of nitrogens with two attached hydrogens (primary N) is 1. The minimum atomic E-state index is -2.44. The van der Waals surface area contributed by atoms with Gasteiger partial charge in [0.05, 0.1) is 73.5 Å². The SMILES string of the molecule is CC[C@H](C)[C@@H]1CC(=O)CNC(=O)[C@H]2CC(=O)[C@H]([C@@H](C)[C@@H](O)CO)NC(=O)[C@@H]3C[C@@H](O)CN3C(=O)[C@H](CC(N)=O)NC(=O)[C@H](CS(=O)c3[nH]c4c(CSC5CCN(C(=O)CCCC(=O)ON6C(=O)CCC6=O)CC5)c(OC)ccc4c3C2)NC(=O)CNC1=O. The molecule has 10 amide bonds. The summed E-state index contributed by atoms with van der Waals surface area (Å²) in [7, 11) is -1.01. The number of nitrogens with zero attached hydrogens (tertiary/aromatic N) is 3. The number of methoxy groups -OCH3 is 1. The van der Waals surface area contributed by atoms with Gasteiger partial charge in [0.25, 0.3) is 11.8 Å². The largest absolute Gasteiger partial charge is 0.496 e. The molecule has 1 aromatic carbocycles. The number of primary amides is 1. The first-order chi connectivity index (χ1) is 41.8. The monoisotopic (exact) mass is 1270 g/mol. The second-order valence-electron chi connectivity index (χ2n) is 23.0. The standard InChI is InChI=1S/C57H78N10O19S2/c1-5-28(2)35-19-31(69)22-59-52(79)30-17-36-34-9-10-43(85-4)37(26-87-33-13-15-65(16-14-33)46(75)7-6-8-49(78)86-67-47(76)11-12-48(67)77)51(34)64-56(36)88(84)27-39(61-45(74)23-60-53(35)80)54(81)62-38(21-44(58)73)57(83)66-24-32(70)20-40(66)55(82)63-50(41(71)18-30)29(3)42(72)25-68/h9-10,28-30,32-33,35,38-40,42,50,64,68,70,72H,5-8,11-27H2,1-4H3,(H2,58,73)(H,59,79)(H,60,80)(H,61,74)(H,62,81)(H,63,82)/t28-,29-,30+,32+,35-,38-,39-,40-,42-,50-,88?/m0/s1. The molecule has 1 aromatic heterocycles. The van der Waals surface area contributed by atoms with Gasteiger partial charge in [-0.25, -0.2) is 4.79 Å². The second kappa shape index (κ2) is 30.7. The van der Waals surface area contributed by atoms with Crippen molar-refractivity contribution in [1.29, 1.82) is 0 Å². The van der Waals surface area contributed by atoms with Gasteiger partial charge in [0, 0.05) is 104 Å². The zero-order chi connectivity index (χ0) is 64.3. The van der Waals surface area contributed by atoms with Crippen molar-refractivity contribution in [1.82, 2.24) is 46.4 Å². The third-order valence-electron chi connectivity index (χ3n) is 16.9. The molecule has 2 aromatic rings. The number of rotatable bonds is 16. The highest BCUT2D eigenvalue weighted by molar-refractivity contribution is 7.99. The van der Waals surface area contributed by atoms with Crippen LogP contribution in [0.5, 0.6) is 5.75 Å². The van der Waals surface area contributed by atoms with Gasteiger partial charge in [-0.2, -0.15) is 11.8 Å². The van der Waals surface area contributed by atoms with E-state index in [0.717, 1.165) is 4.90 Å². The number of hydrogen-bond acceptors (Lipinski definition) is 20. The Morgan fingerprint density at radius 3 is 2.23 bits per heavy atom. The number of fused-ring (bicyclic) bond motifs is 5. The number of benzene rings is 1. The molecule has 3 fully saturated rings. The number of aromatic amines is 1. The number of aliphatic hydroxyl groups is 3. The first-order valence-electron chi connectivity index (χ1n) is 29.4. The van der Waals surface area contributed by atoms with Crippen molar-refractivity contribution in [2.45, 2.75) is 157 Å². The number of thioether (sulfide) groups is 1. The van der Waals surface area contributed by atoms with Crippen molar-refractivity contribution < 1.29 is 91.4 Å². The van der Waals surface area contributed by atoms with E-state index in [9.17, 15) is 72.9 Å². The summed E-state index contributed by atoms with van der Waals surface area (Å²) in [6, 6.07) is -3.75. The molecule has 11 atom stereocenters. The van der Waals surface area contributed by atoms with Crippen LogP contribution in [-0.4, -0.2) is 210 Å². The number of aliphatic hydroxyl groups excluding tert-OH is 3. The molecule has 0 saturated carbocycles. The molecule has 11 N–H and O–H groups in total. The molecule has 1 unspecified atom stereocenters. The molecule has 29 nitrogen and oxygen atoms in total. The predicted octanol–water partition coefficient (Wildman–Crippen LogP) is -2.43. The lowest BCUT2D eigenvalue weighted by atomic mass is 9.85. The maximum absolute atomic E-state index is 15.4. The van der Waals surface area contributed by atoms with Gasteiger partial charge in [-0.3, -0.25) is 61.7 Å². The number of Topliss-reactive ketones (excluding diaryl/α,β-unsaturated/α-hetero) is 2. The van der Waals surface area contributed by atoms with E-state index in [1.165, 1.54) is 25.8 Å². The van der Waals surface area contributed by atoms with E-state index in [1.807, 2.05) is 0 Å². The molecule has 0 spiro atoms. The summed E-state index contributed by atoms with van der Waals surface area (Å²) >= 11 is 1.52. The number of piperidine rings is 1. The summed E-state index contributed by atoms with van der Waals surface area (Å²) in [4.78, 5) is 188. The number of likely N-dealkylation sites (tertiary alicyclic amines) is 1. The first kappa shape index (κ1) is 68.1. The average molecular weight is 1270 g/mol. The van der Waals surface area contributed by atoms with Gasteiger partial charge in [-0.15, -0.1) is 5.06 Å². The molecule has 3 saturated heterocycles. The molecule has 6 heterocycles. The number of ketones is 2. The first-order valence-corrected chi connectivity index (χ1v) is 31.8. The van der Waals surface area contributed by atoms with E-state index >= 15 is 9.00 Å². The van der Waals surface area contributed by atoms with E-state index in [-0.39, 0.29) is 59.6 Å². The van der Waals surface area contributed by atoms with Crippen molar-refractivity contribution in [3.05, 3.63) is 23.3 Å². The van der Waals surface area contributed by atoms with Crippen molar-refractivity contribution in [3.8, 4) is 5.75 Å². The summed E-state index contributed by atoms with van der Waals surface area (Å²) in [6.45, 7) is 2.78. The highest BCUT2D eigenvalue weighted by Crippen LogP contribution is 2.39. The topological polar surface area (TPSA) is 430 Å². The fraction of sp³-hybridized carbons (Fsp3) is 0.632. The Balaban J connectivity index is 1.28. The lowest BCUT2D eigenvalue weighted by Gasteiger charge is -2.32. The maximum Gasteiger partial charge on any atom is 0.333 e. The Hall–Kier alpha value is -7.35. The Morgan fingerprint density at radius 1 is 0.875 bits per heavy atom. The molecular weight excluding hydrogens is 1190 g/mol. The van der Waals surface area contributed by atoms with Crippen LogP contribution in [0.2, 0.25) is 0 Å². The van der Waals surface area contributed by atoms with Gasteiger partial charge in [0.1, 0.15) is 28.9 Å². The number of hydrogen-bond donors (Lipinski definition) is 10. The van der Waals surface area contributed by atoms with Crippen molar-refractivity contribution >= 4 is 110 Å². The number of aromatic nitrogens is 1. The molecule has 482 valence electrons.